The highest BCUT2D eigenvalue weighted by atomic mass is 32.1. The second-order valence-corrected chi connectivity index (χ2v) is 5.29. The summed E-state index contributed by atoms with van der Waals surface area (Å²) >= 11 is 1.32. The minimum atomic E-state index is -0.258. The number of benzene rings is 1. The third-order valence-corrected chi connectivity index (χ3v) is 3.68. The predicted molar refractivity (Wildman–Crippen MR) is 77.7 cm³/mol. The lowest BCUT2D eigenvalue weighted by molar-refractivity contribution is 0.628. The van der Waals surface area contributed by atoms with E-state index < -0.39 is 0 Å². The number of nitrogens with two attached hydrogens (primary N) is 1. The summed E-state index contributed by atoms with van der Waals surface area (Å²) in [5.41, 5.74) is 9.00. The number of pyridine rings is 1. The minimum Gasteiger partial charge on any atom is -0.374 e. The van der Waals surface area contributed by atoms with E-state index >= 15 is 0 Å². The molecular formula is C14H11FN4S. The van der Waals surface area contributed by atoms with E-state index in [-0.39, 0.29) is 5.82 Å². The van der Waals surface area contributed by atoms with Crippen molar-refractivity contribution in [3.8, 4) is 21.8 Å². The average molecular weight is 286 g/mol. The van der Waals surface area contributed by atoms with Crippen molar-refractivity contribution in [2.75, 3.05) is 5.73 Å². The smallest absolute Gasteiger partial charge is 0.203 e. The van der Waals surface area contributed by atoms with Crippen LogP contribution < -0.4 is 5.73 Å². The summed E-state index contributed by atoms with van der Waals surface area (Å²) < 4.78 is 12.9. The standard InChI is InChI=1S/C14H11FN4S/c1-8-11(13-18-19-14(16)20-13)6-7-12(17-8)9-2-4-10(15)5-3-9/h2-7H,1H3,(H2,16,19). The Hall–Kier alpha value is -2.34. The summed E-state index contributed by atoms with van der Waals surface area (Å²) in [4.78, 5) is 4.53. The van der Waals surface area contributed by atoms with Gasteiger partial charge in [-0.05, 0) is 43.3 Å². The van der Waals surface area contributed by atoms with Crippen LogP contribution in [-0.2, 0) is 0 Å². The van der Waals surface area contributed by atoms with Crippen LogP contribution in [0.4, 0.5) is 9.52 Å². The number of anilines is 1. The first-order valence-electron chi connectivity index (χ1n) is 5.96. The van der Waals surface area contributed by atoms with Gasteiger partial charge in [-0.3, -0.25) is 4.98 Å². The van der Waals surface area contributed by atoms with Crippen molar-refractivity contribution in [2.45, 2.75) is 6.92 Å². The quantitative estimate of drug-likeness (QED) is 0.785. The summed E-state index contributed by atoms with van der Waals surface area (Å²) in [6, 6.07) is 10.1. The summed E-state index contributed by atoms with van der Waals surface area (Å²) in [5.74, 6) is -0.258. The number of nitrogen functional groups attached to an aromatic ring is 1. The lowest BCUT2D eigenvalue weighted by atomic mass is 10.1. The fourth-order valence-corrected chi connectivity index (χ4v) is 2.60. The molecule has 0 bridgehead atoms. The van der Waals surface area contributed by atoms with E-state index in [0.29, 0.717) is 5.13 Å². The molecule has 0 atom stereocenters. The lowest BCUT2D eigenvalue weighted by Crippen LogP contribution is -1.91. The van der Waals surface area contributed by atoms with E-state index in [9.17, 15) is 4.39 Å². The zero-order chi connectivity index (χ0) is 14.1. The first kappa shape index (κ1) is 12.7. The van der Waals surface area contributed by atoms with E-state index in [1.165, 1.54) is 23.5 Å². The van der Waals surface area contributed by atoms with Crippen molar-refractivity contribution in [3.63, 3.8) is 0 Å². The third kappa shape index (κ3) is 2.37. The number of hydrogen-bond donors (Lipinski definition) is 1. The molecule has 0 radical (unpaired) electrons. The van der Waals surface area contributed by atoms with Crippen LogP contribution in [-0.4, -0.2) is 15.2 Å². The van der Waals surface area contributed by atoms with Crippen molar-refractivity contribution in [1.82, 2.24) is 15.2 Å². The molecule has 0 aliphatic carbocycles. The molecule has 100 valence electrons. The van der Waals surface area contributed by atoms with E-state index in [2.05, 4.69) is 15.2 Å². The Labute approximate surface area is 119 Å². The van der Waals surface area contributed by atoms with Crippen molar-refractivity contribution in [3.05, 3.63) is 47.9 Å². The van der Waals surface area contributed by atoms with Crippen molar-refractivity contribution in [2.24, 2.45) is 0 Å². The molecule has 0 fully saturated rings. The molecule has 2 aromatic heterocycles. The van der Waals surface area contributed by atoms with Gasteiger partial charge in [0.1, 0.15) is 5.82 Å². The molecule has 3 aromatic rings. The Morgan fingerprint density at radius 1 is 1.05 bits per heavy atom. The minimum absolute atomic E-state index is 0.258. The van der Waals surface area contributed by atoms with E-state index in [1.807, 2.05) is 19.1 Å². The predicted octanol–water partition coefficient (Wildman–Crippen LogP) is 3.30. The number of aromatic nitrogens is 3. The zero-order valence-corrected chi connectivity index (χ0v) is 11.5. The topological polar surface area (TPSA) is 64.7 Å². The van der Waals surface area contributed by atoms with Crippen LogP contribution in [0.3, 0.4) is 0 Å². The van der Waals surface area contributed by atoms with Crippen LogP contribution in [0.1, 0.15) is 5.69 Å². The maximum Gasteiger partial charge on any atom is 0.203 e. The van der Waals surface area contributed by atoms with Crippen LogP contribution in [0, 0.1) is 12.7 Å². The fraction of sp³-hybridized carbons (Fsp3) is 0.0714. The van der Waals surface area contributed by atoms with Gasteiger partial charge in [0.2, 0.25) is 5.13 Å². The molecule has 0 unspecified atom stereocenters. The number of rotatable bonds is 2. The first-order chi connectivity index (χ1) is 9.63. The first-order valence-corrected chi connectivity index (χ1v) is 6.78. The Morgan fingerprint density at radius 2 is 1.80 bits per heavy atom. The molecule has 2 N–H and O–H groups in total. The molecule has 1 aromatic carbocycles. The van der Waals surface area contributed by atoms with Gasteiger partial charge in [-0.2, -0.15) is 0 Å². The van der Waals surface area contributed by atoms with Gasteiger partial charge >= 0.3 is 0 Å². The third-order valence-electron chi connectivity index (χ3n) is 2.90. The zero-order valence-electron chi connectivity index (χ0n) is 10.7. The average Bonchev–Trinajstić information content (AvgIpc) is 2.86. The molecule has 2 heterocycles. The van der Waals surface area contributed by atoms with Gasteiger partial charge in [0.15, 0.2) is 5.01 Å². The lowest BCUT2D eigenvalue weighted by Gasteiger charge is -2.05. The number of nitrogens with zero attached hydrogens (tertiary/aromatic N) is 3. The van der Waals surface area contributed by atoms with Crippen LogP contribution in [0.5, 0.6) is 0 Å². The highest BCUT2D eigenvalue weighted by Crippen LogP contribution is 2.28. The number of halogens is 1. The maximum absolute atomic E-state index is 12.9. The molecule has 6 heteroatoms. The Bertz CT molecular complexity index is 752. The fourth-order valence-electron chi connectivity index (χ4n) is 1.91. The highest BCUT2D eigenvalue weighted by molar-refractivity contribution is 7.18. The normalized spacial score (nSPS) is 10.7. The monoisotopic (exact) mass is 286 g/mol. The van der Waals surface area contributed by atoms with E-state index in [1.54, 1.807) is 12.1 Å². The van der Waals surface area contributed by atoms with Crippen LogP contribution >= 0.6 is 11.3 Å². The van der Waals surface area contributed by atoms with Gasteiger partial charge in [0.25, 0.3) is 0 Å². The highest BCUT2D eigenvalue weighted by Gasteiger charge is 2.10. The summed E-state index contributed by atoms with van der Waals surface area (Å²) in [5, 5.41) is 9.00. The van der Waals surface area contributed by atoms with E-state index in [4.69, 9.17) is 5.73 Å². The largest absolute Gasteiger partial charge is 0.374 e. The molecule has 0 spiro atoms. The summed E-state index contributed by atoms with van der Waals surface area (Å²) in [7, 11) is 0. The SMILES string of the molecule is Cc1nc(-c2ccc(F)cc2)ccc1-c1nnc(N)s1. The maximum atomic E-state index is 12.9. The van der Waals surface area contributed by atoms with Crippen molar-refractivity contribution < 1.29 is 4.39 Å². The van der Waals surface area contributed by atoms with E-state index in [0.717, 1.165) is 27.5 Å². The second kappa shape index (κ2) is 4.97. The summed E-state index contributed by atoms with van der Waals surface area (Å²) in [6.07, 6.45) is 0. The van der Waals surface area contributed by atoms with Crippen molar-refractivity contribution in [1.29, 1.82) is 0 Å². The van der Waals surface area contributed by atoms with Gasteiger partial charge in [-0.15, -0.1) is 10.2 Å². The van der Waals surface area contributed by atoms with Gasteiger partial charge in [-0.25, -0.2) is 4.39 Å². The Balaban J connectivity index is 2.01. The van der Waals surface area contributed by atoms with Gasteiger partial charge in [-0.1, -0.05) is 11.3 Å². The molecule has 0 saturated heterocycles. The Kier molecular flexibility index (Phi) is 3.15. The van der Waals surface area contributed by atoms with Gasteiger partial charge < -0.3 is 5.73 Å². The van der Waals surface area contributed by atoms with Crippen LogP contribution in [0.15, 0.2) is 36.4 Å². The van der Waals surface area contributed by atoms with Crippen LogP contribution in [0.2, 0.25) is 0 Å². The molecule has 0 amide bonds. The van der Waals surface area contributed by atoms with Gasteiger partial charge in [0, 0.05) is 16.8 Å². The second-order valence-electron chi connectivity index (χ2n) is 4.28. The number of hydrogen-bond acceptors (Lipinski definition) is 5. The molecular weight excluding hydrogens is 275 g/mol. The van der Waals surface area contributed by atoms with Crippen molar-refractivity contribution >= 4 is 16.5 Å². The summed E-state index contributed by atoms with van der Waals surface area (Å²) in [6.45, 7) is 1.90. The van der Waals surface area contributed by atoms with Gasteiger partial charge in [0.05, 0.1) is 5.69 Å². The number of aryl methyl sites for hydroxylation is 1. The molecule has 4 nitrogen and oxygen atoms in total. The molecule has 20 heavy (non-hydrogen) atoms. The Morgan fingerprint density at radius 3 is 2.40 bits per heavy atom. The van der Waals surface area contributed by atoms with Crippen LogP contribution in [0.25, 0.3) is 21.8 Å². The molecule has 3 rings (SSSR count). The molecule has 0 aliphatic rings. The molecule has 0 saturated carbocycles. The molecule has 0 aliphatic heterocycles.